The first-order valence-corrected chi connectivity index (χ1v) is 5.64. The van der Waals surface area contributed by atoms with Gasteiger partial charge in [-0.3, -0.25) is 9.78 Å². The lowest BCUT2D eigenvalue weighted by atomic mass is 10.1. The number of carbonyl (C=O) groups is 2. The number of carboxylic acid groups (broad SMARTS) is 1. The lowest BCUT2D eigenvalue weighted by molar-refractivity contribution is 0.0698. The van der Waals surface area contributed by atoms with Gasteiger partial charge in [0.15, 0.2) is 0 Å². The topological polar surface area (TPSA) is 79.3 Å². The summed E-state index contributed by atoms with van der Waals surface area (Å²) in [6, 6.07) is 9.61. The van der Waals surface area contributed by atoms with Gasteiger partial charge in [-0.05, 0) is 31.2 Å². The Bertz CT molecular complexity index is 621. The van der Waals surface area contributed by atoms with Crippen LogP contribution >= 0.6 is 0 Å². The molecule has 0 unspecified atom stereocenters. The number of carbonyl (C=O) groups excluding carboxylic acids is 1. The quantitative estimate of drug-likeness (QED) is 0.883. The average molecular weight is 256 g/mol. The summed E-state index contributed by atoms with van der Waals surface area (Å²) >= 11 is 0. The highest BCUT2D eigenvalue weighted by atomic mass is 16.4. The molecule has 1 aromatic carbocycles. The molecule has 1 amide bonds. The Morgan fingerprint density at radius 2 is 1.89 bits per heavy atom. The van der Waals surface area contributed by atoms with E-state index in [0.29, 0.717) is 5.56 Å². The second-order valence-electron chi connectivity index (χ2n) is 3.99. The number of carboxylic acids is 1. The molecule has 0 radical (unpaired) electrons. The highest BCUT2D eigenvalue weighted by Crippen LogP contribution is 2.16. The number of benzene rings is 1. The fourth-order valence-corrected chi connectivity index (χ4v) is 1.58. The van der Waals surface area contributed by atoms with Gasteiger partial charge in [0.2, 0.25) is 0 Å². The molecule has 1 aromatic heterocycles. The van der Waals surface area contributed by atoms with Crippen molar-refractivity contribution in [1.29, 1.82) is 0 Å². The van der Waals surface area contributed by atoms with Crippen molar-refractivity contribution in [3.8, 4) is 0 Å². The second-order valence-corrected chi connectivity index (χ2v) is 3.99. The lowest BCUT2D eigenvalue weighted by Crippen LogP contribution is -2.15. The van der Waals surface area contributed by atoms with Crippen LogP contribution in [0.5, 0.6) is 0 Å². The van der Waals surface area contributed by atoms with Crippen LogP contribution in [0.15, 0.2) is 42.6 Å². The first-order chi connectivity index (χ1) is 9.08. The molecule has 2 N–H and O–H groups in total. The van der Waals surface area contributed by atoms with Gasteiger partial charge in [0.05, 0.1) is 16.8 Å². The van der Waals surface area contributed by atoms with Gasteiger partial charge in [-0.25, -0.2) is 4.79 Å². The molecule has 2 rings (SSSR count). The highest BCUT2D eigenvalue weighted by Gasteiger charge is 2.12. The van der Waals surface area contributed by atoms with Gasteiger partial charge >= 0.3 is 5.97 Å². The van der Waals surface area contributed by atoms with Gasteiger partial charge in [-0.1, -0.05) is 12.1 Å². The molecule has 19 heavy (non-hydrogen) atoms. The highest BCUT2D eigenvalue weighted by molar-refractivity contribution is 6.07. The number of nitrogens with zero attached hydrogens (tertiary/aromatic N) is 1. The largest absolute Gasteiger partial charge is 0.478 e. The maximum Gasteiger partial charge on any atom is 0.337 e. The summed E-state index contributed by atoms with van der Waals surface area (Å²) in [4.78, 5) is 27.0. The number of nitrogens with one attached hydrogen (secondary N) is 1. The predicted octanol–water partition coefficient (Wildman–Crippen LogP) is 2.34. The second kappa shape index (κ2) is 5.30. The fraction of sp³-hybridized carbons (Fsp3) is 0.0714. The number of hydrogen-bond donors (Lipinski definition) is 2. The van der Waals surface area contributed by atoms with E-state index in [0.717, 1.165) is 5.69 Å². The zero-order valence-corrected chi connectivity index (χ0v) is 10.3. The molecule has 5 nitrogen and oxygen atoms in total. The molecule has 0 aliphatic carbocycles. The van der Waals surface area contributed by atoms with Crippen LogP contribution < -0.4 is 5.32 Å². The number of aryl methyl sites for hydroxylation is 1. The number of aromatic carboxylic acids is 1. The van der Waals surface area contributed by atoms with E-state index < -0.39 is 5.97 Å². The number of rotatable bonds is 3. The third-order valence-electron chi connectivity index (χ3n) is 2.58. The van der Waals surface area contributed by atoms with Crippen LogP contribution in [-0.2, 0) is 0 Å². The Hall–Kier alpha value is -2.69. The van der Waals surface area contributed by atoms with Crippen LogP contribution in [0.1, 0.15) is 26.4 Å². The monoisotopic (exact) mass is 256 g/mol. The van der Waals surface area contributed by atoms with Crippen molar-refractivity contribution in [2.45, 2.75) is 6.92 Å². The van der Waals surface area contributed by atoms with E-state index in [2.05, 4.69) is 10.3 Å². The SMILES string of the molecule is Cc1ccc(C(=O)Nc2ccccc2C(=O)O)cn1. The summed E-state index contributed by atoms with van der Waals surface area (Å²) in [7, 11) is 0. The summed E-state index contributed by atoms with van der Waals surface area (Å²) in [6.07, 6.45) is 1.45. The van der Waals surface area contributed by atoms with Gasteiger partial charge < -0.3 is 10.4 Å². The third-order valence-corrected chi connectivity index (χ3v) is 2.58. The molecule has 0 fully saturated rings. The minimum absolute atomic E-state index is 0.0518. The van der Waals surface area contributed by atoms with Crippen molar-refractivity contribution in [3.05, 3.63) is 59.4 Å². The summed E-state index contributed by atoms with van der Waals surface area (Å²) in [5.41, 5.74) is 1.50. The molecule has 5 heteroatoms. The van der Waals surface area contributed by atoms with Crippen molar-refractivity contribution >= 4 is 17.6 Å². The smallest absolute Gasteiger partial charge is 0.337 e. The van der Waals surface area contributed by atoms with Crippen molar-refractivity contribution in [1.82, 2.24) is 4.98 Å². The lowest BCUT2D eigenvalue weighted by Gasteiger charge is -2.08. The standard InChI is InChI=1S/C14H12N2O3/c1-9-6-7-10(8-15-9)13(17)16-12-5-3-2-4-11(12)14(18)19/h2-8H,1H3,(H,16,17)(H,18,19). The molecule has 2 aromatic rings. The number of anilines is 1. The Labute approximate surface area is 109 Å². The molecule has 0 aliphatic heterocycles. The van der Waals surface area contributed by atoms with Gasteiger partial charge in [0, 0.05) is 11.9 Å². The average Bonchev–Trinajstić information content (AvgIpc) is 2.39. The molecule has 0 saturated heterocycles. The Balaban J connectivity index is 2.24. The van der Waals surface area contributed by atoms with Crippen LogP contribution in [0.25, 0.3) is 0 Å². The van der Waals surface area contributed by atoms with Crippen LogP contribution in [0, 0.1) is 6.92 Å². The predicted molar refractivity (Wildman–Crippen MR) is 70.3 cm³/mol. The van der Waals surface area contributed by atoms with E-state index in [1.165, 1.54) is 12.3 Å². The first kappa shape index (κ1) is 12.8. The van der Waals surface area contributed by atoms with E-state index in [-0.39, 0.29) is 17.2 Å². The summed E-state index contributed by atoms with van der Waals surface area (Å²) in [5.74, 6) is -1.47. The molecule has 0 bridgehead atoms. The molecule has 1 heterocycles. The summed E-state index contributed by atoms with van der Waals surface area (Å²) in [6.45, 7) is 1.82. The van der Waals surface area contributed by atoms with Gasteiger partial charge in [0.1, 0.15) is 0 Å². The molecule has 0 spiro atoms. The summed E-state index contributed by atoms with van der Waals surface area (Å²) < 4.78 is 0. The maximum absolute atomic E-state index is 12.0. The van der Waals surface area contributed by atoms with Crippen LogP contribution in [0.4, 0.5) is 5.69 Å². The molecule has 0 saturated carbocycles. The van der Waals surface area contributed by atoms with Crippen molar-refractivity contribution in [2.24, 2.45) is 0 Å². The Kier molecular flexibility index (Phi) is 3.56. The third kappa shape index (κ3) is 2.95. The van der Waals surface area contributed by atoms with Gasteiger partial charge in [-0.15, -0.1) is 0 Å². The van der Waals surface area contributed by atoms with Crippen molar-refractivity contribution in [2.75, 3.05) is 5.32 Å². The zero-order valence-electron chi connectivity index (χ0n) is 10.3. The molecular formula is C14H12N2O3. The van der Waals surface area contributed by atoms with Crippen LogP contribution in [-0.4, -0.2) is 22.0 Å². The van der Waals surface area contributed by atoms with Crippen molar-refractivity contribution in [3.63, 3.8) is 0 Å². The normalized spacial score (nSPS) is 9.95. The number of amides is 1. The molecule has 0 atom stereocenters. The Morgan fingerprint density at radius 3 is 2.53 bits per heavy atom. The van der Waals surface area contributed by atoms with E-state index in [9.17, 15) is 9.59 Å². The summed E-state index contributed by atoms with van der Waals surface area (Å²) in [5, 5.41) is 11.6. The van der Waals surface area contributed by atoms with Crippen molar-refractivity contribution < 1.29 is 14.7 Å². The fourth-order valence-electron chi connectivity index (χ4n) is 1.58. The van der Waals surface area contributed by atoms with E-state index >= 15 is 0 Å². The van der Waals surface area contributed by atoms with E-state index in [4.69, 9.17) is 5.11 Å². The number of hydrogen-bond acceptors (Lipinski definition) is 3. The zero-order chi connectivity index (χ0) is 13.8. The Morgan fingerprint density at radius 1 is 1.16 bits per heavy atom. The number of pyridine rings is 1. The molecule has 0 aliphatic rings. The van der Waals surface area contributed by atoms with E-state index in [1.54, 1.807) is 30.3 Å². The maximum atomic E-state index is 12.0. The minimum Gasteiger partial charge on any atom is -0.478 e. The minimum atomic E-state index is -1.09. The number of para-hydroxylation sites is 1. The van der Waals surface area contributed by atoms with Crippen LogP contribution in [0.3, 0.4) is 0 Å². The van der Waals surface area contributed by atoms with Gasteiger partial charge in [-0.2, -0.15) is 0 Å². The van der Waals surface area contributed by atoms with Crippen LogP contribution in [0.2, 0.25) is 0 Å². The molecular weight excluding hydrogens is 244 g/mol. The van der Waals surface area contributed by atoms with E-state index in [1.807, 2.05) is 6.92 Å². The number of aromatic nitrogens is 1. The molecule has 96 valence electrons. The first-order valence-electron chi connectivity index (χ1n) is 5.64. The van der Waals surface area contributed by atoms with Gasteiger partial charge in [0.25, 0.3) is 5.91 Å².